The number of nitrogens with two attached hydrogens (primary N) is 1. The molecule has 5 nitrogen and oxygen atoms in total. The third-order valence-electron chi connectivity index (χ3n) is 3.69. The third kappa shape index (κ3) is 2.60. The highest BCUT2D eigenvalue weighted by atomic mass is 16.7. The first-order chi connectivity index (χ1) is 10.6. The lowest BCUT2D eigenvalue weighted by Crippen LogP contribution is -2.28. The van der Waals surface area contributed by atoms with Crippen LogP contribution in [0.4, 0.5) is 0 Å². The molecule has 0 radical (unpaired) electrons. The molecule has 2 heterocycles. The average Bonchev–Trinajstić information content (AvgIpc) is 2.96. The number of hydrogen-bond acceptors (Lipinski definition) is 4. The Bertz CT molecular complexity index is 750. The van der Waals surface area contributed by atoms with Crippen LogP contribution in [0.2, 0.25) is 0 Å². The fourth-order valence-electron chi connectivity index (χ4n) is 2.63. The number of ether oxygens (including phenoxy) is 2. The van der Waals surface area contributed by atoms with E-state index >= 15 is 0 Å². The molecule has 3 rings (SSSR count). The van der Waals surface area contributed by atoms with Crippen LogP contribution in [0.15, 0.2) is 35.1 Å². The van der Waals surface area contributed by atoms with Crippen LogP contribution in [0.25, 0.3) is 11.3 Å². The third-order valence-corrected chi connectivity index (χ3v) is 3.69. The van der Waals surface area contributed by atoms with Crippen molar-refractivity contribution in [3.05, 3.63) is 46.2 Å². The highest BCUT2D eigenvalue weighted by molar-refractivity contribution is 5.65. The fourth-order valence-corrected chi connectivity index (χ4v) is 2.63. The largest absolute Gasteiger partial charge is 0.454 e. The summed E-state index contributed by atoms with van der Waals surface area (Å²) >= 11 is 0. The molecule has 0 unspecified atom stereocenters. The molecule has 0 fully saturated rings. The fraction of sp³-hybridized carbons (Fsp3) is 0.353. The highest BCUT2D eigenvalue weighted by Gasteiger charge is 2.16. The topological polar surface area (TPSA) is 66.5 Å². The number of pyridine rings is 1. The number of rotatable bonds is 4. The summed E-state index contributed by atoms with van der Waals surface area (Å²) in [5, 5.41) is 0. The first kappa shape index (κ1) is 14.7. The normalized spacial score (nSPS) is 12.9. The highest BCUT2D eigenvalue weighted by Crippen LogP contribution is 2.35. The molecule has 22 heavy (non-hydrogen) atoms. The Morgan fingerprint density at radius 1 is 1.18 bits per heavy atom. The van der Waals surface area contributed by atoms with Gasteiger partial charge in [0.2, 0.25) is 6.79 Å². The number of hydrogen-bond donors (Lipinski definition) is 1. The molecule has 1 aromatic carbocycles. The number of nitrogens with zero attached hydrogens (tertiary/aromatic N) is 1. The van der Waals surface area contributed by atoms with Crippen molar-refractivity contribution in [3.63, 3.8) is 0 Å². The molecule has 0 spiro atoms. The zero-order valence-electron chi connectivity index (χ0n) is 12.8. The van der Waals surface area contributed by atoms with Crippen LogP contribution in [0.1, 0.15) is 19.4 Å². The van der Waals surface area contributed by atoms with E-state index in [1.807, 2.05) is 24.3 Å². The number of aromatic nitrogens is 1. The maximum atomic E-state index is 12.6. The summed E-state index contributed by atoms with van der Waals surface area (Å²) in [6.45, 7) is 5.31. The molecule has 0 saturated carbocycles. The van der Waals surface area contributed by atoms with Gasteiger partial charge in [0.25, 0.3) is 5.56 Å². The second-order valence-corrected chi connectivity index (χ2v) is 5.83. The van der Waals surface area contributed by atoms with Gasteiger partial charge in [-0.2, -0.15) is 0 Å². The molecule has 0 aliphatic carbocycles. The van der Waals surface area contributed by atoms with Gasteiger partial charge < -0.3 is 19.8 Å². The standard InChI is InChI=1S/C17H20N2O3/c1-11(2)9-19-14(5-3-13(8-18)17(19)20)12-4-6-15-16(7-12)22-10-21-15/h3-7,11H,8-10,18H2,1-2H3. The quantitative estimate of drug-likeness (QED) is 0.941. The second kappa shape index (κ2) is 5.85. The van der Waals surface area contributed by atoms with Crippen LogP contribution in [0.3, 0.4) is 0 Å². The lowest BCUT2D eigenvalue weighted by atomic mass is 10.1. The molecule has 1 aliphatic rings. The van der Waals surface area contributed by atoms with Crippen molar-refractivity contribution >= 4 is 0 Å². The van der Waals surface area contributed by atoms with Gasteiger partial charge in [0.05, 0.1) is 5.69 Å². The van der Waals surface area contributed by atoms with E-state index < -0.39 is 0 Å². The first-order valence-corrected chi connectivity index (χ1v) is 7.43. The Hall–Kier alpha value is -2.27. The summed E-state index contributed by atoms with van der Waals surface area (Å²) < 4.78 is 12.6. The Morgan fingerprint density at radius 2 is 1.95 bits per heavy atom. The van der Waals surface area contributed by atoms with E-state index in [1.54, 1.807) is 10.6 Å². The van der Waals surface area contributed by atoms with Crippen LogP contribution in [0, 0.1) is 5.92 Å². The Kier molecular flexibility index (Phi) is 3.90. The molecule has 5 heteroatoms. The maximum absolute atomic E-state index is 12.6. The summed E-state index contributed by atoms with van der Waals surface area (Å²) in [7, 11) is 0. The van der Waals surface area contributed by atoms with Crippen molar-refractivity contribution in [3.8, 4) is 22.8 Å². The lowest BCUT2D eigenvalue weighted by Gasteiger charge is -2.16. The smallest absolute Gasteiger partial charge is 0.255 e. The van der Waals surface area contributed by atoms with Gasteiger partial charge in [-0.05, 0) is 30.2 Å². The van der Waals surface area contributed by atoms with Crippen molar-refractivity contribution in [2.24, 2.45) is 11.7 Å². The predicted molar refractivity (Wildman–Crippen MR) is 85.0 cm³/mol. The summed E-state index contributed by atoms with van der Waals surface area (Å²) in [5.41, 5.74) is 8.08. The molecule has 2 N–H and O–H groups in total. The Balaban J connectivity index is 2.13. The lowest BCUT2D eigenvalue weighted by molar-refractivity contribution is 0.174. The summed E-state index contributed by atoms with van der Waals surface area (Å²) in [6.07, 6.45) is 0. The molecule has 1 aliphatic heterocycles. The molecule has 1 aromatic heterocycles. The molecule has 0 bridgehead atoms. The molecule has 2 aromatic rings. The minimum atomic E-state index is -0.0219. The first-order valence-electron chi connectivity index (χ1n) is 7.43. The van der Waals surface area contributed by atoms with Crippen molar-refractivity contribution < 1.29 is 9.47 Å². The minimum absolute atomic E-state index is 0.0219. The molecular formula is C17H20N2O3. The van der Waals surface area contributed by atoms with E-state index in [1.165, 1.54) is 0 Å². The van der Waals surface area contributed by atoms with Crippen LogP contribution >= 0.6 is 0 Å². The van der Waals surface area contributed by atoms with E-state index in [4.69, 9.17) is 15.2 Å². The molecule has 0 atom stereocenters. The van der Waals surface area contributed by atoms with Crippen molar-refractivity contribution in [1.82, 2.24) is 4.57 Å². The Morgan fingerprint density at radius 3 is 2.68 bits per heavy atom. The van der Waals surface area contributed by atoms with Crippen molar-refractivity contribution in [1.29, 1.82) is 0 Å². The zero-order chi connectivity index (χ0) is 15.7. The summed E-state index contributed by atoms with van der Waals surface area (Å²) in [4.78, 5) is 12.6. The van der Waals surface area contributed by atoms with Gasteiger partial charge in [-0.1, -0.05) is 19.9 Å². The maximum Gasteiger partial charge on any atom is 0.255 e. The monoisotopic (exact) mass is 300 g/mol. The van der Waals surface area contributed by atoms with E-state index in [0.717, 1.165) is 17.0 Å². The zero-order valence-corrected chi connectivity index (χ0v) is 12.8. The van der Waals surface area contributed by atoms with Gasteiger partial charge in [0.1, 0.15) is 0 Å². The van der Waals surface area contributed by atoms with Gasteiger partial charge >= 0.3 is 0 Å². The molecule has 0 saturated heterocycles. The summed E-state index contributed by atoms with van der Waals surface area (Å²) in [5.74, 6) is 1.81. The van der Waals surface area contributed by atoms with E-state index in [0.29, 0.717) is 23.8 Å². The molecular weight excluding hydrogens is 280 g/mol. The second-order valence-electron chi connectivity index (χ2n) is 5.83. The van der Waals surface area contributed by atoms with Crippen LogP contribution in [0.5, 0.6) is 11.5 Å². The van der Waals surface area contributed by atoms with E-state index in [9.17, 15) is 4.79 Å². The van der Waals surface area contributed by atoms with E-state index in [-0.39, 0.29) is 18.9 Å². The molecule has 116 valence electrons. The van der Waals surface area contributed by atoms with Crippen LogP contribution in [-0.2, 0) is 13.1 Å². The number of fused-ring (bicyclic) bond motifs is 1. The Labute approximate surface area is 129 Å². The van der Waals surface area contributed by atoms with Gasteiger partial charge in [-0.3, -0.25) is 4.79 Å². The SMILES string of the molecule is CC(C)Cn1c(-c2ccc3c(c2)OCO3)ccc(CN)c1=O. The van der Waals surface area contributed by atoms with Crippen molar-refractivity contribution in [2.75, 3.05) is 6.79 Å². The van der Waals surface area contributed by atoms with Gasteiger partial charge in [-0.25, -0.2) is 0 Å². The average molecular weight is 300 g/mol. The predicted octanol–water partition coefficient (Wildman–Crippen LogP) is 2.36. The van der Waals surface area contributed by atoms with E-state index in [2.05, 4.69) is 13.8 Å². The van der Waals surface area contributed by atoms with Gasteiger partial charge in [0.15, 0.2) is 11.5 Å². The minimum Gasteiger partial charge on any atom is -0.454 e. The van der Waals surface area contributed by atoms with Crippen LogP contribution < -0.4 is 20.8 Å². The number of benzene rings is 1. The van der Waals surface area contributed by atoms with Crippen LogP contribution in [-0.4, -0.2) is 11.4 Å². The van der Waals surface area contributed by atoms with Crippen molar-refractivity contribution in [2.45, 2.75) is 26.9 Å². The molecule has 0 amide bonds. The summed E-state index contributed by atoms with van der Waals surface area (Å²) in [6, 6.07) is 9.48. The van der Waals surface area contributed by atoms with Gasteiger partial charge in [0, 0.05) is 24.2 Å². The van der Waals surface area contributed by atoms with Gasteiger partial charge in [-0.15, -0.1) is 0 Å².